The number of rotatable bonds is 6. The highest BCUT2D eigenvalue weighted by Crippen LogP contribution is 2.30. The van der Waals surface area contributed by atoms with Crippen LogP contribution >= 0.6 is 0 Å². The molecule has 0 spiro atoms. The Morgan fingerprint density at radius 2 is 2.00 bits per heavy atom. The lowest BCUT2D eigenvalue weighted by Gasteiger charge is -2.35. The molecule has 0 radical (unpaired) electrons. The molecule has 92 valence electrons. The van der Waals surface area contributed by atoms with E-state index in [0.29, 0.717) is 0 Å². The quantitative estimate of drug-likeness (QED) is 0.534. The summed E-state index contributed by atoms with van der Waals surface area (Å²) in [5.41, 5.74) is 0. The highest BCUT2D eigenvalue weighted by atomic mass is 14.9. The Morgan fingerprint density at radius 3 is 2.69 bits per heavy atom. The average molecular weight is 221 g/mol. The monoisotopic (exact) mass is 221 g/mol. The minimum atomic E-state index is 0.764. The van der Waals surface area contributed by atoms with Crippen LogP contribution in [0.3, 0.4) is 0 Å². The van der Waals surface area contributed by atoms with Gasteiger partial charge in [-0.25, -0.2) is 0 Å². The summed E-state index contributed by atoms with van der Waals surface area (Å²) in [6, 6.07) is 0.764. The second-order valence-corrected chi connectivity index (χ2v) is 5.41. The highest BCUT2D eigenvalue weighted by molar-refractivity contribution is 4.84. The SMILES string of the molecule is C#CCCCCNC1CCCCC1C(C)C. The minimum absolute atomic E-state index is 0.764. The fraction of sp³-hybridized carbons (Fsp3) is 0.867. The van der Waals surface area contributed by atoms with Gasteiger partial charge in [-0.05, 0) is 44.1 Å². The Morgan fingerprint density at radius 1 is 1.25 bits per heavy atom. The Kier molecular flexibility index (Phi) is 6.57. The van der Waals surface area contributed by atoms with Crippen molar-refractivity contribution in [1.29, 1.82) is 0 Å². The largest absolute Gasteiger partial charge is 0.314 e. The van der Waals surface area contributed by atoms with Crippen molar-refractivity contribution in [1.82, 2.24) is 5.32 Å². The molecule has 16 heavy (non-hydrogen) atoms. The van der Waals surface area contributed by atoms with Crippen LogP contribution in [0.25, 0.3) is 0 Å². The van der Waals surface area contributed by atoms with Gasteiger partial charge in [0, 0.05) is 12.5 Å². The summed E-state index contributed by atoms with van der Waals surface area (Å²) in [7, 11) is 0. The van der Waals surface area contributed by atoms with E-state index in [0.717, 1.165) is 30.8 Å². The summed E-state index contributed by atoms with van der Waals surface area (Å²) in [6.45, 7) is 5.88. The molecule has 2 atom stereocenters. The first-order valence-corrected chi connectivity index (χ1v) is 6.92. The lowest BCUT2D eigenvalue weighted by molar-refractivity contribution is 0.205. The Hall–Kier alpha value is -0.480. The number of hydrogen-bond acceptors (Lipinski definition) is 1. The fourth-order valence-electron chi connectivity index (χ4n) is 2.85. The number of terminal acetylenes is 1. The smallest absolute Gasteiger partial charge is 0.00977 e. The predicted molar refractivity (Wildman–Crippen MR) is 71.3 cm³/mol. The molecule has 1 N–H and O–H groups in total. The van der Waals surface area contributed by atoms with Gasteiger partial charge >= 0.3 is 0 Å². The second-order valence-electron chi connectivity index (χ2n) is 5.41. The van der Waals surface area contributed by atoms with E-state index in [2.05, 4.69) is 25.1 Å². The van der Waals surface area contributed by atoms with Crippen LogP contribution < -0.4 is 5.32 Å². The first-order chi connectivity index (χ1) is 7.75. The summed E-state index contributed by atoms with van der Waals surface area (Å²) in [4.78, 5) is 0. The molecule has 1 nitrogen and oxygen atoms in total. The molecule has 0 bridgehead atoms. The van der Waals surface area contributed by atoms with E-state index in [9.17, 15) is 0 Å². The molecule has 1 aliphatic rings. The van der Waals surface area contributed by atoms with E-state index in [4.69, 9.17) is 6.42 Å². The van der Waals surface area contributed by atoms with E-state index in [1.807, 2.05) is 0 Å². The molecule has 1 aliphatic carbocycles. The van der Waals surface area contributed by atoms with Crippen LogP contribution in [0.4, 0.5) is 0 Å². The highest BCUT2D eigenvalue weighted by Gasteiger charge is 2.26. The first-order valence-electron chi connectivity index (χ1n) is 6.92. The Labute approximate surface area is 101 Å². The molecule has 0 amide bonds. The third kappa shape index (κ3) is 4.58. The number of hydrogen-bond donors (Lipinski definition) is 1. The van der Waals surface area contributed by atoms with Gasteiger partial charge in [0.1, 0.15) is 0 Å². The molecule has 0 aromatic heterocycles. The van der Waals surface area contributed by atoms with Crippen molar-refractivity contribution in [3.63, 3.8) is 0 Å². The lowest BCUT2D eigenvalue weighted by atomic mass is 9.78. The fourth-order valence-corrected chi connectivity index (χ4v) is 2.85. The van der Waals surface area contributed by atoms with Gasteiger partial charge in [0.05, 0.1) is 0 Å². The zero-order valence-corrected chi connectivity index (χ0v) is 11.0. The third-order valence-electron chi connectivity index (χ3n) is 3.83. The molecular weight excluding hydrogens is 194 g/mol. The molecule has 1 saturated carbocycles. The maximum atomic E-state index is 5.24. The standard InChI is InChI=1S/C15H27N/c1-4-5-6-9-12-16-15-11-8-7-10-14(15)13(2)3/h1,13-16H,5-12H2,2-3H3. The van der Waals surface area contributed by atoms with Crippen molar-refractivity contribution in [2.45, 2.75) is 64.8 Å². The van der Waals surface area contributed by atoms with Crippen LogP contribution in [-0.2, 0) is 0 Å². The number of unbranched alkanes of at least 4 members (excludes halogenated alkanes) is 2. The normalized spacial score (nSPS) is 25.6. The summed E-state index contributed by atoms with van der Waals surface area (Å²) >= 11 is 0. The molecule has 0 aromatic rings. The first kappa shape index (κ1) is 13.6. The van der Waals surface area contributed by atoms with Crippen LogP contribution in [0.2, 0.25) is 0 Å². The van der Waals surface area contributed by atoms with Crippen LogP contribution in [0.15, 0.2) is 0 Å². The molecule has 0 heterocycles. The van der Waals surface area contributed by atoms with Crippen molar-refractivity contribution in [3.8, 4) is 12.3 Å². The van der Waals surface area contributed by atoms with E-state index < -0.39 is 0 Å². The molecule has 0 aromatic carbocycles. The van der Waals surface area contributed by atoms with Gasteiger partial charge in [0.15, 0.2) is 0 Å². The summed E-state index contributed by atoms with van der Waals surface area (Å²) < 4.78 is 0. The van der Waals surface area contributed by atoms with Gasteiger partial charge < -0.3 is 5.32 Å². The lowest BCUT2D eigenvalue weighted by Crippen LogP contribution is -2.41. The summed E-state index contributed by atoms with van der Waals surface area (Å²) in [5, 5.41) is 3.74. The van der Waals surface area contributed by atoms with E-state index in [1.165, 1.54) is 38.5 Å². The third-order valence-corrected chi connectivity index (χ3v) is 3.83. The van der Waals surface area contributed by atoms with Crippen LogP contribution in [0.5, 0.6) is 0 Å². The van der Waals surface area contributed by atoms with Gasteiger partial charge in [-0.2, -0.15) is 0 Å². The van der Waals surface area contributed by atoms with E-state index >= 15 is 0 Å². The van der Waals surface area contributed by atoms with Crippen LogP contribution in [0.1, 0.15) is 58.8 Å². The van der Waals surface area contributed by atoms with Crippen molar-refractivity contribution < 1.29 is 0 Å². The molecule has 1 rings (SSSR count). The van der Waals surface area contributed by atoms with Gasteiger partial charge in [0.2, 0.25) is 0 Å². The summed E-state index contributed by atoms with van der Waals surface area (Å²) in [5.74, 6) is 4.42. The van der Waals surface area contributed by atoms with Gasteiger partial charge in [-0.15, -0.1) is 12.3 Å². The molecule has 0 saturated heterocycles. The average Bonchev–Trinajstić information content (AvgIpc) is 2.29. The molecule has 2 unspecified atom stereocenters. The zero-order chi connectivity index (χ0) is 11.8. The Balaban J connectivity index is 2.20. The van der Waals surface area contributed by atoms with Gasteiger partial charge in [-0.3, -0.25) is 0 Å². The topological polar surface area (TPSA) is 12.0 Å². The summed E-state index contributed by atoms with van der Waals surface area (Å²) in [6.07, 6.45) is 14.2. The van der Waals surface area contributed by atoms with Crippen molar-refractivity contribution in [2.24, 2.45) is 11.8 Å². The zero-order valence-electron chi connectivity index (χ0n) is 11.0. The maximum absolute atomic E-state index is 5.24. The molecule has 0 aliphatic heterocycles. The molecule has 1 fully saturated rings. The van der Waals surface area contributed by atoms with Crippen molar-refractivity contribution in [2.75, 3.05) is 6.54 Å². The minimum Gasteiger partial charge on any atom is -0.314 e. The maximum Gasteiger partial charge on any atom is 0.00977 e. The Bertz CT molecular complexity index is 214. The van der Waals surface area contributed by atoms with Crippen molar-refractivity contribution >= 4 is 0 Å². The van der Waals surface area contributed by atoms with E-state index in [-0.39, 0.29) is 0 Å². The van der Waals surface area contributed by atoms with Gasteiger partial charge in [0.25, 0.3) is 0 Å². The number of nitrogens with one attached hydrogen (secondary N) is 1. The molecule has 1 heteroatoms. The van der Waals surface area contributed by atoms with Gasteiger partial charge in [-0.1, -0.05) is 26.7 Å². The van der Waals surface area contributed by atoms with E-state index in [1.54, 1.807) is 0 Å². The molecular formula is C15H27N. The predicted octanol–water partition coefficient (Wildman–Crippen LogP) is 3.59. The van der Waals surface area contributed by atoms with Crippen LogP contribution in [-0.4, -0.2) is 12.6 Å². The second kappa shape index (κ2) is 7.74. The van der Waals surface area contributed by atoms with Crippen LogP contribution in [0, 0.1) is 24.2 Å². The van der Waals surface area contributed by atoms with Crippen molar-refractivity contribution in [3.05, 3.63) is 0 Å².